The zero-order chi connectivity index (χ0) is 23.0. The maximum atomic E-state index is 2.99. The van der Waals surface area contributed by atoms with Crippen molar-refractivity contribution >= 4 is 0 Å². The predicted octanol–water partition coefficient (Wildman–Crippen LogP) is 8.96. The fourth-order valence-corrected chi connectivity index (χ4v) is 5.80. The summed E-state index contributed by atoms with van der Waals surface area (Å²) in [5.74, 6) is 0. The fraction of sp³-hybridized carbons (Fsp3) is 1.00. The molecule has 2 atom stereocenters. The van der Waals surface area contributed by atoms with Gasteiger partial charge in [-0.1, -0.05) is 90.0 Å². The summed E-state index contributed by atoms with van der Waals surface area (Å²) in [6.45, 7) is 39.0. The average molecular weight is 396 g/mol. The molecule has 1 nitrogen and oxygen atoms in total. The van der Waals surface area contributed by atoms with Crippen LogP contribution in [0.1, 0.15) is 136 Å². The van der Waals surface area contributed by atoms with Crippen LogP contribution in [0.15, 0.2) is 0 Å². The van der Waals surface area contributed by atoms with Crippen LogP contribution in [-0.2, 0) is 0 Å². The highest BCUT2D eigenvalue weighted by Crippen LogP contribution is 2.48. The highest BCUT2D eigenvalue weighted by atomic mass is 15.3. The summed E-state index contributed by atoms with van der Waals surface area (Å²) in [5, 5.41) is 0. The van der Waals surface area contributed by atoms with E-state index >= 15 is 0 Å². The van der Waals surface area contributed by atoms with Crippen LogP contribution in [0, 0.1) is 21.7 Å². The second-order valence-electron chi connectivity index (χ2n) is 15.2. The molecule has 0 radical (unpaired) electrons. The van der Waals surface area contributed by atoms with E-state index in [1.54, 1.807) is 0 Å². The summed E-state index contributed by atoms with van der Waals surface area (Å²) in [6, 6.07) is 0.539. The summed E-state index contributed by atoms with van der Waals surface area (Å²) in [6.07, 6.45) is 4.84. The highest BCUT2D eigenvalue weighted by Gasteiger charge is 2.49. The van der Waals surface area contributed by atoms with E-state index in [4.69, 9.17) is 0 Å². The van der Waals surface area contributed by atoms with E-state index in [2.05, 4.69) is 116 Å². The molecule has 0 aromatic rings. The van der Waals surface area contributed by atoms with Gasteiger partial charge in [0.25, 0.3) is 0 Å². The van der Waals surface area contributed by atoms with Crippen LogP contribution >= 0.6 is 0 Å². The van der Waals surface area contributed by atoms with Crippen LogP contribution in [0.25, 0.3) is 0 Å². The Labute approximate surface area is 180 Å². The SMILES string of the molecule is CCC(C)(CC(C)(C)C)N(C(CC(C)(C)C)C(C)(C)C)C(C)(C)CC(C)(C)C. The molecule has 0 saturated carbocycles. The molecule has 2 unspecified atom stereocenters. The molecule has 0 fully saturated rings. The van der Waals surface area contributed by atoms with Gasteiger partial charge in [0.05, 0.1) is 0 Å². The number of nitrogens with zero attached hydrogens (tertiary/aromatic N) is 1. The van der Waals surface area contributed by atoms with Crippen LogP contribution in [0.5, 0.6) is 0 Å². The van der Waals surface area contributed by atoms with Gasteiger partial charge in [-0.25, -0.2) is 0 Å². The lowest BCUT2D eigenvalue weighted by Gasteiger charge is -2.60. The fourth-order valence-electron chi connectivity index (χ4n) is 5.80. The molecule has 0 spiro atoms. The third-order valence-corrected chi connectivity index (χ3v) is 5.99. The summed E-state index contributed by atoms with van der Waals surface area (Å²) < 4.78 is 0. The van der Waals surface area contributed by atoms with Gasteiger partial charge < -0.3 is 0 Å². The molecule has 0 aliphatic carbocycles. The molecule has 0 saturated heterocycles. The molecule has 0 amide bonds. The Morgan fingerprint density at radius 2 is 0.964 bits per heavy atom. The lowest BCUT2D eigenvalue weighted by molar-refractivity contribution is -0.108. The molecule has 1 heteroatoms. The zero-order valence-corrected chi connectivity index (χ0v) is 22.9. The molecular weight excluding hydrogens is 338 g/mol. The second kappa shape index (κ2) is 8.60. The Morgan fingerprint density at radius 1 is 0.571 bits per heavy atom. The van der Waals surface area contributed by atoms with Crippen LogP contribution < -0.4 is 0 Å². The van der Waals surface area contributed by atoms with Gasteiger partial charge in [0.2, 0.25) is 0 Å². The largest absolute Gasteiger partial charge is 0.289 e. The average Bonchev–Trinajstić information content (AvgIpc) is 2.29. The molecular formula is C27H57N. The van der Waals surface area contributed by atoms with Gasteiger partial charge in [-0.2, -0.15) is 0 Å². The van der Waals surface area contributed by atoms with E-state index in [1.165, 1.54) is 25.7 Å². The normalized spacial score (nSPS) is 18.3. The van der Waals surface area contributed by atoms with Crippen LogP contribution in [0.3, 0.4) is 0 Å². The molecule has 0 N–H and O–H groups in total. The van der Waals surface area contributed by atoms with Gasteiger partial charge in [0, 0.05) is 17.1 Å². The molecule has 0 bridgehead atoms. The van der Waals surface area contributed by atoms with Gasteiger partial charge in [0.1, 0.15) is 0 Å². The second-order valence-corrected chi connectivity index (χ2v) is 15.2. The van der Waals surface area contributed by atoms with Gasteiger partial charge in [-0.15, -0.1) is 0 Å². The van der Waals surface area contributed by atoms with Crippen molar-refractivity contribution in [2.24, 2.45) is 21.7 Å². The predicted molar refractivity (Wildman–Crippen MR) is 130 cm³/mol. The van der Waals surface area contributed by atoms with E-state index in [9.17, 15) is 0 Å². The van der Waals surface area contributed by atoms with Gasteiger partial charge in [-0.3, -0.25) is 4.90 Å². The lowest BCUT2D eigenvalue weighted by atomic mass is 9.68. The molecule has 0 rings (SSSR count). The Hall–Kier alpha value is -0.0400. The lowest BCUT2D eigenvalue weighted by Crippen LogP contribution is -2.65. The first-order valence-corrected chi connectivity index (χ1v) is 11.7. The molecule has 0 heterocycles. The number of rotatable bonds is 7. The van der Waals surface area contributed by atoms with Crippen molar-refractivity contribution in [1.29, 1.82) is 0 Å². The molecule has 0 aliphatic heterocycles. The van der Waals surface area contributed by atoms with Gasteiger partial charge in [0.15, 0.2) is 0 Å². The third kappa shape index (κ3) is 9.19. The summed E-state index contributed by atoms with van der Waals surface area (Å²) in [7, 11) is 0. The number of hydrogen-bond acceptors (Lipinski definition) is 1. The van der Waals surface area contributed by atoms with E-state index in [1.807, 2.05) is 0 Å². The first-order valence-electron chi connectivity index (χ1n) is 11.7. The summed E-state index contributed by atoms with van der Waals surface area (Å²) in [5.41, 5.74) is 1.47. The minimum Gasteiger partial charge on any atom is -0.289 e. The smallest absolute Gasteiger partial charge is 0.0192 e. The Kier molecular flexibility index (Phi) is 8.59. The standard InChI is InChI=1S/C27H57N/c1-17-27(16,20-24(8,9)10)28(26(14,15)19-23(5,6)7)21(25(11,12)13)18-22(2,3)4/h21H,17-20H2,1-16H3. The molecule has 170 valence electrons. The minimum absolute atomic E-state index is 0.136. The Morgan fingerprint density at radius 3 is 1.21 bits per heavy atom. The minimum atomic E-state index is 0.136. The third-order valence-electron chi connectivity index (χ3n) is 5.99. The van der Waals surface area contributed by atoms with E-state index in [0.29, 0.717) is 22.3 Å². The topological polar surface area (TPSA) is 3.24 Å². The van der Waals surface area contributed by atoms with Crippen molar-refractivity contribution in [3.05, 3.63) is 0 Å². The van der Waals surface area contributed by atoms with E-state index in [0.717, 1.165) is 0 Å². The van der Waals surface area contributed by atoms with E-state index in [-0.39, 0.29) is 16.5 Å². The van der Waals surface area contributed by atoms with Crippen molar-refractivity contribution in [3.8, 4) is 0 Å². The first kappa shape index (κ1) is 28.0. The quantitative estimate of drug-likeness (QED) is 0.415. The molecule has 0 aromatic heterocycles. The van der Waals surface area contributed by atoms with Crippen molar-refractivity contribution < 1.29 is 0 Å². The Balaban J connectivity index is 6.65. The van der Waals surface area contributed by atoms with Gasteiger partial charge >= 0.3 is 0 Å². The Bertz CT molecular complexity index is 472. The zero-order valence-electron chi connectivity index (χ0n) is 22.9. The maximum Gasteiger partial charge on any atom is 0.0192 e. The van der Waals surface area contributed by atoms with Crippen molar-refractivity contribution in [2.75, 3.05) is 0 Å². The molecule has 28 heavy (non-hydrogen) atoms. The summed E-state index contributed by atoms with van der Waals surface area (Å²) >= 11 is 0. The number of hydrogen-bond donors (Lipinski definition) is 0. The van der Waals surface area contributed by atoms with Crippen LogP contribution in [0.2, 0.25) is 0 Å². The van der Waals surface area contributed by atoms with Crippen LogP contribution in [-0.4, -0.2) is 22.0 Å². The van der Waals surface area contributed by atoms with Crippen molar-refractivity contribution in [3.63, 3.8) is 0 Å². The monoisotopic (exact) mass is 395 g/mol. The van der Waals surface area contributed by atoms with Gasteiger partial charge in [-0.05, 0) is 68.1 Å². The van der Waals surface area contributed by atoms with Crippen molar-refractivity contribution in [2.45, 2.75) is 154 Å². The molecule has 0 aromatic carbocycles. The maximum absolute atomic E-state index is 2.99. The molecule has 0 aliphatic rings. The van der Waals surface area contributed by atoms with E-state index < -0.39 is 0 Å². The first-order chi connectivity index (χ1) is 11.9. The van der Waals surface area contributed by atoms with Crippen LogP contribution in [0.4, 0.5) is 0 Å². The summed E-state index contributed by atoms with van der Waals surface area (Å²) in [4.78, 5) is 2.99. The highest BCUT2D eigenvalue weighted by molar-refractivity contribution is 5.04. The van der Waals surface area contributed by atoms with Crippen molar-refractivity contribution in [1.82, 2.24) is 4.90 Å².